The molecule has 2 aromatic carbocycles. The molecule has 1 aromatic heterocycles. The first-order valence-electron chi connectivity index (χ1n) is 9.07. The van der Waals surface area contributed by atoms with Crippen molar-refractivity contribution in [3.8, 4) is 11.5 Å². The van der Waals surface area contributed by atoms with Crippen LogP contribution in [0, 0.1) is 13.8 Å². The van der Waals surface area contributed by atoms with Crippen LogP contribution in [-0.2, 0) is 0 Å². The van der Waals surface area contributed by atoms with E-state index in [1.54, 1.807) is 36.4 Å². The number of para-hydroxylation sites is 1. The monoisotopic (exact) mass is 389 g/mol. The van der Waals surface area contributed by atoms with Gasteiger partial charge in [-0.1, -0.05) is 24.3 Å². The van der Waals surface area contributed by atoms with Crippen LogP contribution in [0.25, 0.3) is 0 Å². The number of nitrogens with one attached hydrogen (secondary N) is 2. The van der Waals surface area contributed by atoms with Gasteiger partial charge >= 0.3 is 0 Å². The summed E-state index contributed by atoms with van der Waals surface area (Å²) in [6.07, 6.45) is 0. The van der Waals surface area contributed by atoms with Crippen LogP contribution < -0.4 is 20.1 Å². The van der Waals surface area contributed by atoms with Crippen LogP contribution in [0.15, 0.2) is 54.6 Å². The number of rotatable bonds is 4. The summed E-state index contributed by atoms with van der Waals surface area (Å²) in [6, 6.07) is 15.6. The minimum absolute atomic E-state index is 0.136. The Balaban J connectivity index is 1.50. The highest BCUT2D eigenvalue weighted by Gasteiger charge is 2.17. The van der Waals surface area contributed by atoms with E-state index in [1.807, 2.05) is 32.0 Å². The fraction of sp³-hybridized carbons (Fsp3) is 0.136. The quantitative estimate of drug-likeness (QED) is 0.706. The molecule has 0 saturated carbocycles. The Hall–Kier alpha value is -3.87. The van der Waals surface area contributed by atoms with Gasteiger partial charge in [0.25, 0.3) is 11.8 Å². The van der Waals surface area contributed by atoms with Crippen LogP contribution in [0.1, 0.15) is 32.1 Å². The summed E-state index contributed by atoms with van der Waals surface area (Å²) in [5.74, 6) is 0.398. The smallest absolute Gasteiger partial charge is 0.274 e. The molecule has 0 unspecified atom stereocenters. The van der Waals surface area contributed by atoms with Gasteiger partial charge in [0.1, 0.15) is 11.4 Å². The predicted molar refractivity (Wildman–Crippen MR) is 109 cm³/mol. The molecule has 29 heavy (non-hydrogen) atoms. The maximum absolute atomic E-state index is 12.6. The molecule has 2 amide bonds. The normalized spacial score (nSPS) is 11.8. The lowest BCUT2D eigenvalue weighted by molar-refractivity contribution is 0.101. The number of fused-ring (bicyclic) bond motifs is 1. The molecule has 1 aliphatic heterocycles. The third-order valence-electron chi connectivity index (χ3n) is 4.56. The van der Waals surface area contributed by atoms with Crippen LogP contribution >= 0.6 is 0 Å². The molecule has 2 heterocycles. The van der Waals surface area contributed by atoms with Gasteiger partial charge < -0.3 is 20.1 Å². The Labute approximate surface area is 167 Å². The number of carbonyl (C=O) groups is 2. The largest absolute Gasteiger partial charge is 0.454 e. The molecule has 0 aliphatic carbocycles. The molecule has 146 valence electrons. The highest BCUT2D eigenvalue weighted by molar-refractivity contribution is 6.06. The van der Waals surface area contributed by atoms with Gasteiger partial charge in [0.2, 0.25) is 6.79 Å². The maximum atomic E-state index is 12.6. The SMILES string of the molecule is Cc1cccc(C)c1NC(=O)c1cccc(C(=O)Nc2ccc3c(c2)OCO3)n1. The van der Waals surface area contributed by atoms with Crippen LogP contribution in [0.4, 0.5) is 11.4 Å². The zero-order valence-corrected chi connectivity index (χ0v) is 16.0. The van der Waals surface area contributed by atoms with E-state index in [0.717, 1.165) is 16.8 Å². The van der Waals surface area contributed by atoms with Gasteiger partial charge in [-0.05, 0) is 49.2 Å². The summed E-state index contributed by atoms with van der Waals surface area (Å²) in [6.45, 7) is 4.00. The molecule has 0 atom stereocenters. The first kappa shape index (κ1) is 18.5. The summed E-state index contributed by atoms with van der Waals surface area (Å²) in [5, 5.41) is 5.63. The van der Waals surface area contributed by atoms with E-state index in [1.165, 1.54) is 0 Å². The van der Waals surface area contributed by atoms with Crippen molar-refractivity contribution in [2.45, 2.75) is 13.8 Å². The maximum Gasteiger partial charge on any atom is 0.274 e. The number of benzene rings is 2. The number of nitrogens with zero attached hydrogens (tertiary/aromatic N) is 1. The summed E-state index contributed by atoms with van der Waals surface area (Å²) in [5.41, 5.74) is 3.49. The number of aromatic nitrogens is 1. The van der Waals surface area contributed by atoms with Crippen molar-refractivity contribution in [1.82, 2.24) is 4.98 Å². The summed E-state index contributed by atoms with van der Waals surface area (Å²) in [4.78, 5) is 29.4. The molecule has 0 radical (unpaired) electrons. The third kappa shape index (κ3) is 3.89. The minimum atomic E-state index is -0.425. The van der Waals surface area contributed by atoms with Gasteiger partial charge in [0.15, 0.2) is 11.5 Å². The fourth-order valence-electron chi connectivity index (χ4n) is 3.05. The Morgan fingerprint density at radius 3 is 2.17 bits per heavy atom. The number of aryl methyl sites for hydroxylation is 2. The predicted octanol–water partition coefficient (Wildman–Crippen LogP) is 3.93. The molecule has 7 heteroatoms. The first-order valence-corrected chi connectivity index (χ1v) is 9.07. The number of hydrogen-bond acceptors (Lipinski definition) is 5. The highest BCUT2D eigenvalue weighted by atomic mass is 16.7. The zero-order chi connectivity index (χ0) is 20.4. The van der Waals surface area contributed by atoms with Gasteiger partial charge in [-0.2, -0.15) is 0 Å². The minimum Gasteiger partial charge on any atom is -0.454 e. The molecule has 0 fully saturated rings. The summed E-state index contributed by atoms with van der Waals surface area (Å²) < 4.78 is 10.6. The molecule has 0 bridgehead atoms. The molecule has 4 rings (SSSR count). The number of hydrogen-bond donors (Lipinski definition) is 2. The molecule has 7 nitrogen and oxygen atoms in total. The molecule has 1 aliphatic rings. The molecule has 0 saturated heterocycles. The van der Waals surface area contributed by atoms with Crippen molar-refractivity contribution in [2.24, 2.45) is 0 Å². The van der Waals surface area contributed by atoms with Gasteiger partial charge in [-0.25, -0.2) is 4.98 Å². The van der Waals surface area contributed by atoms with Gasteiger partial charge in [0.05, 0.1) is 0 Å². The van der Waals surface area contributed by atoms with Crippen molar-refractivity contribution in [1.29, 1.82) is 0 Å². The van der Waals surface area contributed by atoms with Crippen molar-refractivity contribution >= 4 is 23.2 Å². The van der Waals surface area contributed by atoms with E-state index < -0.39 is 5.91 Å². The number of carbonyl (C=O) groups excluding carboxylic acids is 2. The third-order valence-corrected chi connectivity index (χ3v) is 4.56. The van der Waals surface area contributed by atoms with E-state index in [2.05, 4.69) is 15.6 Å². The Morgan fingerprint density at radius 1 is 0.828 bits per heavy atom. The van der Waals surface area contributed by atoms with Crippen LogP contribution in [-0.4, -0.2) is 23.6 Å². The molecule has 0 spiro atoms. The lowest BCUT2D eigenvalue weighted by Crippen LogP contribution is -2.19. The number of anilines is 2. The second-order valence-electron chi connectivity index (χ2n) is 6.65. The van der Waals surface area contributed by atoms with Crippen molar-refractivity contribution < 1.29 is 19.1 Å². The lowest BCUT2D eigenvalue weighted by atomic mass is 10.1. The second-order valence-corrected chi connectivity index (χ2v) is 6.65. The zero-order valence-electron chi connectivity index (χ0n) is 16.0. The second kappa shape index (κ2) is 7.63. The molecule has 3 aromatic rings. The Bertz CT molecular complexity index is 1090. The van der Waals surface area contributed by atoms with E-state index in [-0.39, 0.29) is 24.1 Å². The fourth-order valence-corrected chi connectivity index (χ4v) is 3.05. The first-order chi connectivity index (χ1) is 14.0. The number of ether oxygens (including phenoxy) is 2. The van der Waals surface area contributed by atoms with E-state index >= 15 is 0 Å². The highest BCUT2D eigenvalue weighted by Crippen LogP contribution is 2.34. The topological polar surface area (TPSA) is 89.6 Å². The van der Waals surface area contributed by atoms with Gasteiger partial charge in [0, 0.05) is 17.4 Å². The van der Waals surface area contributed by atoms with E-state index in [4.69, 9.17) is 9.47 Å². The van der Waals surface area contributed by atoms with Crippen LogP contribution in [0.5, 0.6) is 11.5 Å². The van der Waals surface area contributed by atoms with Crippen molar-refractivity contribution in [2.75, 3.05) is 17.4 Å². The number of amides is 2. The van der Waals surface area contributed by atoms with Gasteiger partial charge in [-0.3, -0.25) is 9.59 Å². The Morgan fingerprint density at radius 2 is 1.45 bits per heavy atom. The summed E-state index contributed by atoms with van der Waals surface area (Å²) in [7, 11) is 0. The van der Waals surface area contributed by atoms with Crippen molar-refractivity contribution in [3.63, 3.8) is 0 Å². The standard InChI is InChI=1S/C22H19N3O4/c1-13-5-3-6-14(2)20(13)25-22(27)17-8-4-7-16(24-17)21(26)23-15-9-10-18-19(11-15)29-12-28-18/h3-11H,12H2,1-2H3,(H,23,26)(H,25,27). The average Bonchev–Trinajstić information content (AvgIpc) is 3.18. The number of pyridine rings is 1. The van der Waals surface area contributed by atoms with Crippen LogP contribution in [0.3, 0.4) is 0 Å². The average molecular weight is 389 g/mol. The van der Waals surface area contributed by atoms with Crippen LogP contribution in [0.2, 0.25) is 0 Å². The molecular formula is C22H19N3O4. The molecular weight excluding hydrogens is 370 g/mol. The summed E-state index contributed by atoms with van der Waals surface area (Å²) >= 11 is 0. The Kier molecular flexibility index (Phi) is 4.87. The van der Waals surface area contributed by atoms with Crippen molar-refractivity contribution in [3.05, 3.63) is 77.1 Å². The van der Waals surface area contributed by atoms with E-state index in [0.29, 0.717) is 17.2 Å². The molecule has 2 N–H and O–H groups in total. The van der Waals surface area contributed by atoms with E-state index in [9.17, 15) is 9.59 Å². The lowest BCUT2D eigenvalue weighted by Gasteiger charge is -2.11. The van der Waals surface area contributed by atoms with Gasteiger partial charge in [-0.15, -0.1) is 0 Å².